The van der Waals surface area contributed by atoms with Crippen molar-refractivity contribution >= 4 is 29.4 Å². The van der Waals surface area contributed by atoms with Gasteiger partial charge in [0.2, 0.25) is 0 Å². The molecule has 0 saturated carbocycles. The Hall–Kier alpha value is -1.77. The van der Waals surface area contributed by atoms with E-state index < -0.39 is 11.8 Å². The fraction of sp³-hybridized carbons (Fsp3) is 0.500. The van der Waals surface area contributed by atoms with Crippen molar-refractivity contribution in [2.45, 2.75) is 6.42 Å². The van der Waals surface area contributed by atoms with Gasteiger partial charge in [0, 0.05) is 17.8 Å². The average Bonchev–Trinajstić information content (AvgIpc) is 3.05. The number of morpholine rings is 1. The second-order valence-electron chi connectivity index (χ2n) is 4.94. The number of carbonyl (C=O) groups is 2. The van der Waals surface area contributed by atoms with E-state index in [2.05, 4.69) is 15.8 Å². The third kappa shape index (κ3) is 5.92. The van der Waals surface area contributed by atoms with Crippen LogP contribution in [-0.4, -0.2) is 57.4 Å². The number of ether oxygens (including phenoxy) is 1. The normalized spacial score (nSPS) is 15.8. The van der Waals surface area contributed by atoms with Crippen LogP contribution in [0.15, 0.2) is 22.6 Å². The number of nitrogens with one attached hydrogen (secondary N) is 3. The molecule has 1 aliphatic heterocycles. The minimum Gasteiger partial charge on any atom is -0.370 e. The summed E-state index contributed by atoms with van der Waals surface area (Å²) >= 11 is 1.50. The number of carbonyl (C=O) groups excluding carboxylic acids is 2. The maximum absolute atomic E-state index is 11.6. The summed E-state index contributed by atoms with van der Waals surface area (Å²) in [5, 5.41) is 8.25. The monoisotopic (exact) mass is 325 g/mol. The van der Waals surface area contributed by atoms with Gasteiger partial charge in [0.25, 0.3) is 0 Å². The smallest absolute Gasteiger partial charge is 0.329 e. The predicted octanol–water partition coefficient (Wildman–Crippen LogP) is -1.38. The van der Waals surface area contributed by atoms with E-state index in [1.54, 1.807) is 0 Å². The third-order valence-corrected chi connectivity index (χ3v) is 4.11. The highest BCUT2D eigenvalue weighted by Crippen LogP contribution is 2.03. The molecule has 7 nitrogen and oxygen atoms in total. The summed E-state index contributed by atoms with van der Waals surface area (Å²) in [6, 6.07) is 3.76. The highest BCUT2D eigenvalue weighted by molar-refractivity contribution is 7.11. The Labute approximate surface area is 133 Å². The lowest BCUT2D eigenvalue weighted by Gasteiger charge is -2.23. The SMILES string of the molecule is O=C(NCCC[NH+]1CCOCC1)C(=O)N/N=C\c1cccs1. The number of quaternary nitrogens is 1. The Balaban J connectivity index is 1.57. The summed E-state index contributed by atoms with van der Waals surface area (Å²) < 4.78 is 5.28. The van der Waals surface area contributed by atoms with Crippen LogP contribution < -0.4 is 15.6 Å². The minimum absolute atomic E-state index is 0.491. The maximum atomic E-state index is 11.6. The van der Waals surface area contributed by atoms with E-state index in [4.69, 9.17) is 4.74 Å². The molecule has 8 heteroatoms. The molecule has 0 bridgehead atoms. The van der Waals surface area contributed by atoms with Crippen molar-refractivity contribution in [3.8, 4) is 0 Å². The fourth-order valence-corrected chi connectivity index (χ4v) is 2.69. The molecule has 0 aliphatic carbocycles. The van der Waals surface area contributed by atoms with Crippen molar-refractivity contribution in [2.24, 2.45) is 5.10 Å². The van der Waals surface area contributed by atoms with E-state index in [-0.39, 0.29) is 0 Å². The molecule has 0 atom stereocenters. The van der Waals surface area contributed by atoms with E-state index in [0.29, 0.717) is 6.54 Å². The number of hydrazone groups is 1. The first-order valence-electron chi connectivity index (χ1n) is 7.32. The van der Waals surface area contributed by atoms with Crippen LogP contribution in [0.25, 0.3) is 0 Å². The summed E-state index contributed by atoms with van der Waals surface area (Å²) in [7, 11) is 0. The molecule has 1 aromatic heterocycles. The van der Waals surface area contributed by atoms with Crippen molar-refractivity contribution in [2.75, 3.05) is 39.4 Å². The first-order chi connectivity index (χ1) is 10.8. The van der Waals surface area contributed by atoms with Gasteiger partial charge in [-0.25, -0.2) is 5.43 Å². The fourth-order valence-electron chi connectivity index (χ4n) is 2.10. The molecule has 0 radical (unpaired) electrons. The Morgan fingerprint density at radius 2 is 2.18 bits per heavy atom. The first kappa shape index (κ1) is 16.6. The van der Waals surface area contributed by atoms with Gasteiger partial charge >= 0.3 is 11.8 Å². The molecule has 22 heavy (non-hydrogen) atoms. The second-order valence-corrected chi connectivity index (χ2v) is 5.92. The molecule has 2 amide bonds. The van der Waals surface area contributed by atoms with Gasteiger partial charge < -0.3 is 15.0 Å². The van der Waals surface area contributed by atoms with Gasteiger partial charge in [0.1, 0.15) is 13.1 Å². The van der Waals surface area contributed by atoms with Gasteiger partial charge in [0.15, 0.2) is 0 Å². The minimum atomic E-state index is -0.744. The average molecular weight is 325 g/mol. The standard InChI is InChI=1S/C14H20N4O3S/c19-13(14(20)17-16-11-12-3-1-10-22-12)15-4-2-5-18-6-8-21-9-7-18/h1,3,10-11H,2,4-9H2,(H,15,19)(H,17,20)/p+1/b16-11-. The van der Waals surface area contributed by atoms with Gasteiger partial charge in [-0.2, -0.15) is 5.10 Å². The Morgan fingerprint density at radius 3 is 2.91 bits per heavy atom. The van der Waals surface area contributed by atoms with E-state index in [9.17, 15) is 9.59 Å². The summed E-state index contributed by atoms with van der Waals surface area (Å²) in [6.45, 7) is 5.07. The molecule has 2 heterocycles. The Morgan fingerprint density at radius 1 is 1.36 bits per heavy atom. The molecule has 1 fully saturated rings. The zero-order valence-electron chi connectivity index (χ0n) is 12.3. The van der Waals surface area contributed by atoms with E-state index >= 15 is 0 Å². The van der Waals surface area contributed by atoms with Gasteiger partial charge in [-0.05, 0) is 11.4 Å². The lowest BCUT2D eigenvalue weighted by atomic mass is 10.3. The van der Waals surface area contributed by atoms with Crippen LogP contribution in [0.4, 0.5) is 0 Å². The summed E-state index contributed by atoms with van der Waals surface area (Å²) in [5.41, 5.74) is 2.21. The number of hydrogen-bond donors (Lipinski definition) is 3. The Bertz CT molecular complexity index is 498. The van der Waals surface area contributed by atoms with Crippen molar-refractivity contribution in [1.82, 2.24) is 10.7 Å². The molecule has 1 saturated heterocycles. The van der Waals surface area contributed by atoms with E-state index in [1.807, 2.05) is 17.5 Å². The van der Waals surface area contributed by atoms with Crippen molar-refractivity contribution in [1.29, 1.82) is 0 Å². The van der Waals surface area contributed by atoms with E-state index in [0.717, 1.165) is 44.1 Å². The maximum Gasteiger partial charge on any atom is 0.329 e. The zero-order valence-corrected chi connectivity index (χ0v) is 13.2. The molecule has 0 spiro atoms. The third-order valence-electron chi connectivity index (χ3n) is 3.30. The molecule has 3 N–H and O–H groups in total. The lowest BCUT2D eigenvalue weighted by Crippen LogP contribution is -3.14. The van der Waals surface area contributed by atoms with Crippen LogP contribution in [0.2, 0.25) is 0 Å². The van der Waals surface area contributed by atoms with Crippen molar-refractivity contribution in [3.05, 3.63) is 22.4 Å². The van der Waals surface area contributed by atoms with Crippen LogP contribution in [-0.2, 0) is 14.3 Å². The molecule has 1 aromatic rings. The van der Waals surface area contributed by atoms with Crippen LogP contribution >= 0.6 is 11.3 Å². The van der Waals surface area contributed by atoms with Gasteiger partial charge in [-0.3, -0.25) is 9.59 Å². The number of thiophene rings is 1. The van der Waals surface area contributed by atoms with Crippen LogP contribution in [0.5, 0.6) is 0 Å². The summed E-state index contributed by atoms with van der Waals surface area (Å²) in [5.74, 6) is -1.40. The number of nitrogens with zero attached hydrogens (tertiary/aromatic N) is 1. The number of hydrogen-bond acceptors (Lipinski definition) is 5. The highest BCUT2D eigenvalue weighted by atomic mass is 32.1. The molecule has 120 valence electrons. The second kappa shape index (κ2) is 9.29. The van der Waals surface area contributed by atoms with Crippen molar-refractivity contribution < 1.29 is 19.2 Å². The molecular weight excluding hydrogens is 304 g/mol. The summed E-state index contributed by atoms with van der Waals surface area (Å²) in [6.07, 6.45) is 2.35. The van der Waals surface area contributed by atoms with Crippen LogP contribution in [0.3, 0.4) is 0 Å². The molecule has 0 unspecified atom stereocenters. The summed E-state index contributed by atoms with van der Waals surface area (Å²) in [4.78, 5) is 25.5. The lowest BCUT2D eigenvalue weighted by molar-refractivity contribution is -0.908. The van der Waals surface area contributed by atoms with Gasteiger partial charge in [-0.15, -0.1) is 11.3 Å². The Kier molecular flexibility index (Phi) is 7.01. The largest absolute Gasteiger partial charge is 0.370 e. The molecule has 1 aliphatic rings. The molecule has 2 rings (SSSR count). The van der Waals surface area contributed by atoms with E-state index in [1.165, 1.54) is 22.5 Å². The van der Waals surface area contributed by atoms with Crippen molar-refractivity contribution in [3.63, 3.8) is 0 Å². The number of rotatable bonds is 6. The molecular formula is C14H21N4O3S+. The first-order valence-corrected chi connectivity index (χ1v) is 8.20. The number of amides is 2. The zero-order chi connectivity index (χ0) is 15.6. The van der Waals surface area contributed by atoms with Crippen LogP contribution in [0.1, 0.15) is 11.3 Å². The van der Waals surface area contributed by atoms with Gasteiger partial charge in [-0.1, -0.05) is 6.07 Å². The quantitative estimate of drug-likeness (QED) is 0.261. The predicted molar refractivity (Wildman–Crippen MR) is 84.1 cm³/mol. The highest BCUT2D eigenvalue weighted by Gasteiger charge is 2.14. The van der Waals surface area contributed by atoms with Gasteiger partial charge in [0.05, 0.1) is 26.0 Å². The topological polar surface area (TPSA) is 84.2 Å². The van der Waals surface area contributed by atoms with Crippen LogP contribution in [0, 0.1) is 0 Å². The molecule has 0 aromatic carbocycles.